The molecule has 0 unspecified atom stereocenters. The summed E-state index contributed by atoms with van der Waals surface area (Å²) in [7, 11) is 0. The first-order valence-corrected chi connectivity index (χ1v) is 33.7. The molecule has 4 aliphatic heterocycles. The highest BCUT2D eigenvalue weighted by Crippen LogP contribution is 2.34. The van der Waals surface area contributed by atoms with Crippen LogP contribution in [-0.4, -0.2) is 261 Å². The highest BCUT2D eigenvalue weighted by atomic mass is 32.2. The Bertz CT molecular complexity index is 3510. The second-order valence-corrected chi connectivity index (χ2v) is 26.2. The molecule has 0 bridgehead atoms. The van der Waals surface area contributed by atoms with E-state index in [9.17, 15) is 79.5 Å². The van der Waals surface area contributed by atoms with Crippen molar-refractivity contribution in [2.45, 2.75) is 151 Å². The number of hydrogen-bond donors (Lipinski definition) is 16. The molecule has 16 N–H and O–H groups in total. The van der Waals surface area contributed by atoms with E-state index >= 15 is 0 Å². The average Bonchev–Trinajstić information content (AvgIpc) is 1.63. The number of phenols is 1. The molecule has 4 fully saturated rings. The van der Waals surface area contributed by atoms with Crippen molar-refractivity contribution in [3.63, 3.8) is 0 Å². The van der Waals surface area contributed by atoms with Crippen molar-refractivity contribution in [1.82, 2.24) is 56.3 Å². The number of hydrogen-bond acceptors (Lipinski definition) is 27. The number of nitrogens with one attached hydrogen (secondary N) is 6. The second-order valence-electron chi connectivity index (χ2n) is 24.8. The molecule has 0 radical (unpaired) electrons. The van der Waals surface area contributed by atoms with Crippen LogP contribution in [0.5, 0.6) is 11.5 Å². The molecule has 3 aromatic carbocycles. The summed E-state index contributed by atoms with van der Waals surface area (Å²) >= 11 is 1.45. The van der Waals surface area contributed by atoms with Gasteiger partial charge in [0.2, 0.25) is 40.4 Å². The number of β-amino-alcohol motifs (C(OH)–C–C–N with tert-alkyl or cyclic N) is 1. The van der Waals surface area contributed by atoms with Crippen molar-refractivity contribution in [2.24, 2.45) is 5.92 Å². The molecular formula is C63H84N12O21S2. The van der Waals surface area contributed by atoms with E-state index in [4.69, 9.17) is 24.3 Å². The Morgan fingerprint density at radius 2 is 1.49 bits per heavy atom. The Morgan fingerprint density at radius 1 is 0.806 bits per heavy atom. The molecule has 13 atom stereocenters. The third-order valence-electron chi connectivity index (χ3n) is 17.7. The Kier molecular flexibility index (Phi) is 26.1. The number of benzene rings is 3. The third kappa shape index (κ3) is 18.4. The van der Waals surface area contributed by atoms with E-state index in [2.05, 4.69) is 65.2 Å². The van der Waals surface area contributed by atoms with Crippen LogP contribution in [0.3, 0.4) is 0 Å². The van der Waals surface area contributed by atoms with Crippen molar-refractivity contribution in [2.75, 3.05) is 64.0 Å². The molecule has 4 saturated heterocycles. The van der Waals surface area contributed by atoms with Crippen LogP contribution in [-0.2, 0) is 49.3 Å². The normalized spacial score (nSPS) is 25.3. The molecule has 5 aromatic rings. The lowest BCUT2D eigenvalue weighted by Crippen LogP contribution is -2.64. The topological polar surface area (TPSA) is 471 Å². The van der Waals surface area contributed by atoms with Gasteiger partial charge in [0.25, 0.3) is 18.2 Å². The van der Waals surface area contributed by atoms with Crippen molar-refractivity contribution in [1.29, 1.82) is 0 Å². The van der Waals surface area contributed by atoms with Gasteiger partial charge in [0.1, 0.15) is 41.3 Å². The molecule has 4 aliphatic rings. The van der Waals surface area contributed by atoms with Gasteiger partial charge in [0.05, 0.1) is 73.9 Å². The number of carbonyl (C=O) groups is 7. The fourth-order valence-corrected chi connectivity index (χ4v) is 13.4. The van der Waals surface area contributed by atoms with E-state index in [0.29, 0.717) is 16.2 Å². The minimum absolute atomic E-state index is 0.0133. The molecule has 2 aromatic heterocycles. The zero-order valence-electron chi connectivity index (χ0n) is 53.9. The first-order chi connectivity index (χ1) is 47.0. The fraction of sp³-hybridized carbons (Fsp3) is 0.540. The van der Waals surface area contributed by atoms with Crippen LogP contribution < -0.4 is 41.0 Å². The van der Waals surface area contributed by atoms with Crippen molar-refractivity contribution < 1.29 is 103 Å². The summed E-state index contributed by atoms with van der Waals surface area (Å²) < 4.78 is 17.0. The number of piperidine rings is 1. The van der Waals surface area contributed by atoms with Crippen LogP contribution in [0, 0.1) is 5.92 Å². The van der Waals surface area contributed by atoms with Gasteiger partial charge in [0, 0.05) is 86.9 Å². The molecule has 6 heterocycles. The number of aliphatic hydroxyl groups is 8. The van der Waals surface area contributed by atoms with E-state index in [1.165, 1.54) is 36.5 Å². The first-order valence-electron chi connectivity index (χ1n) is 32.2. The number of anilines is 1. The predicted molar refractivity (Wildman–Crippen MR) is 350 cm³/mol. The molecule has 0 aliphatic carbocycles. The smallest absolute Gasteiger partial charge is 0.261 e. The molecule has 35 heteroatoms. The number of carbonyl (C=O) groups excluding carboxylic acids is 7. The van der Waals surface area contributed by atoms with E-state index < -0.39 is 184 Å². The number of aliphatic hydroxyl groups excluding tert-OH is 8. The van der Waals surface area contributed by atoms with E-state index in [0.717, 1.165) is 84.1 Å². The molecule has 33 nitrogen and oxygen atoms in total. The minimum Gasteiger partial charge on any atom is -0.504 e. The van der Waals surface area contributed by atoms with Gasteiger partial charge in [0.15, 0.2) is 11.5 Å². The Balaban J connectivity index is 0.975. The highest BCUT2D eigenvalue weighted by Gasteiger charge is 2.50. The molecule has 534 valence electrons. The van der Waals surface area contributed by atoms with Gasteiger partial charge in [-0.15, -0.1) is 0 Å². The van der Waals surface area contributed by atoms with Gasteiger partial charge in [-0.25, -0.2) is 14.8 Å². The lowest BCUT2D eigenvalue weighted by molar-refractivity contribution is -0.433. The Morgan fingerprint density at radius 3 is 2.16 bits per heavy atom. The lowest BCUT2D eigenvalue weighted by atomic mass is 9.98. The molecule has 0 saturated carbocycles. The number of nitrogens with zero attached hydrogens (tertiary/aromatic N) is 6. The van der Waals surface area contributed by atoms with Crippen LogP contribution in [0.1, 0.15) is 75.2 Å². The van der Waals surface area contributed by atoms with Gasteiger partial charge in [-0.2, -0.15) is 5.10 Å². The standard InChI is InChI=1S/C63H84N12O21S2/c1-4-21-93-42-16-19-72(20-17-42)39-12-10-37(11-13-39)60-71-75-29-44(67-63(75)97-60)35-6-8-36(9-7-35)55(85)66-43-24-40(79)26-65-59(89)53-54(84)32(2)27-74(53)62(91)52(47(82)15-18-64-38(30-76)31-77)70-58(88)51(48(83)22-34-5-14-46(81)49(23-34)94-98-96-95-92)69-57(87)45-25-41(80)28-73(45)61(90)50(33(3)78)68-56(43)86/h5-14,23,29,32-33,38,40-43,45,47-48,50-54,64,76-84,92H,4,15-22,24-28,30-31H2,1-3H3,(H,65,89)(H,66,85)(H,68,86)(H,69,87)(H,70,88)/t32-,33+,40+,41+,43-,45-,47+,48+,50-,51-,52-,53-,54-/m0/s1. The first kappa shape index (κ1) is 74.5. The number of amides is 7. The Labute approximate surface area is 570 Å². The molecule has 0 spiro atoms. The molecule has 7 amide bonds. The van der Waals surface area contributed by atoms with E-state index in [-0.39, 0.29) is 48.4 Å². The number of ether oxygens (including phenoxy) is 1. The van der Waals surface area contributed by atoms with E-state index in [1.807, 2.05) is 12.1 Å². The monoisotopic (exact) mass is 1410 g/mol. The second kappa shape index (κ2) is 34.4. The van der Waals surface area contributed by atoms with E-state index in [1.54, 1.807) is 22.8 Å². The summed E-state index contributed by atoms with van der Waals surface area (Å²) in [5.41, 5.74) is 3.28. The van der Waals surface area contributed by atoms with Crippen LogP contribution in [0.25, 0.3) is 26.8 Å². The zero-order chi connectivity index (χ0) is 70.5. The molecule has 9 rings (SSSR count). The highest BCUT2D eigenvalue weighted by molar-refractivity contribution is 7.90. The van der Waals surface area contributed by atoms with Gasteiger partial charge >= 0.3 is 0 Å². The largest absolute Gasteiger partial charge is 0.504 e. The molecule has 98 heavy (non-hydrogen) atoms. The summed E-state index contributed by atoms with van der Waals surface area (Å²) in [5.74, 6) is -9.62. The summed E-state index contributed by atoms with van der Waals surface area (Å²) in [5, 5.41) is 132. The quantitative estimate of drug-likeness (QED) is 0.0144. The lowest BCUT2D eigenvalue weighted by Gasteiger charge is -2.34. The number of fused-ring (bicyclic) bond motifs is 3. The van der Waals surface area contributed by atoms with Crippen molar-refractivity contribution in [3.8, 4) is 33.3 Å². The number of imidazole rings is 1. The van der Waals surface area contributed by atoms with Crippen molar-refractivity contribution in [3.05, 3.63) is 84.1 Å². The number of phenolic OH excluding ortho intramolecular Hbond substituents is 1. The zero-order valence-corrected chi connectivity index (χ0v) is 55.5. The van der Waals surface area contributed by atoms with Gasteiger partial charge in [-0.05, 0) is 93.2 Å². The van der Waals surface area contributed by atoms with Crippen LogP contribution >= 0.6 is 23.7 Å². The maximum Gasteiger partial charge on any atom is 0.261 e. The maximum atomic E-state index is 15.0. The maximum absolute atomic E-state index is 15.0. The third-order valence-corrected chi connectivity index (χ3v) is 19.0. The minimum atomic E-state index is -2.16. The predicted octanol–water partition coefficient (Wildman–Crippen LogP) is -2.13. The average molecular weight is 1410 g/mol. The number of aromatic hydroxyl groups is 1. The fourth-order valence-electron chi connectivity index (χ4n) is 12.3. The van der Waals surface area contributed by atoms with Crippen LogP contribution in [0.4, 0.5) is 5.69 Å². The van der Waals surface area contributed by atoms with Crippen LogP contribution in [0.2, 0.25) is 0 Å². The van der Waals surface area contributed by atoms with Crippen LogP contribution in [0.15, 0.2) is 72.9 Å². The summed E-state index contributed by atoms with van der Waals surface area (Å²) in [6.07, 6.45) is -7.74. The number of rotatable bonds is 23. The summed E-state index contributed by atoms with van der Waals surface area (Å²) in [6.45, 7) is 4.35. The van der Waals surface area contributed by atoms with Gasteiger partial charge in [-0.1, -0.05) is 52.8 Å². The SMILES string of the molecule is CCCOC1CCN(c2ccc(-c3nn4cc(-c5ccc(C(=O)N[C@H]6C[C@@H](O)CNC(=O)[C@@H]7[C@@H](O)[C@@H](C)CN7C(=O)[C@H]([C@H](O)CCNC(CO)CO)NC(=O)[C@H]([C@H](O)Cc7ccc(O)c(OSOOO)c7)NC(=O)[C@@H]7C[C@@H](O)CN7C(=O)[C@H]([C@@H](C)O)NC6=O)cc5)nc4s3)cc2)CC1. The Hall–Kier alpha value is -7.72. The number of aromatic nitrogens is 3. The van der Waals surface area contributed by atoms with Gasteiger partial charge in [-0.3, -0.25) is 33.6 Å². The molecular weight excluding hydrogens is 1320 g/mol. The van der Waals surface area contributed by atoms with Gasteiger partial charge < -0.3 is 101 Å². The van der Waals surface area contributed by atoms with Crippen molar-refractivity contribution >= 4 is 75.7 Å². The summed E-state index contributed by atoms with van der Waals surface area (Å²) in [6, 6.07) is 5.58. The summed E-state index contributed by atoms with van der Waals surface area (Å²) in [4.78, 5) is 112.